The third-order valence-corrected chi connectivity index (χ3v) is 5.01. The lowest BCUT2D eigenvalue weighted by Gasteiger charge is -2.38. The summed E-state index contributed by atoms with van der Waals surface area (Å²) in [6.45, 7) is 1.15. The molecular weight excluding hydrogens is 410 g/mol. The van der Waals surface area contributed by atoms with Gasteiger partial charge in [0.1, 0.15) is 30.2 Å². The van der Waals surface area contributed by atoms with Gasteiger partial charge < -0.3 is 40.0 Å². The molecule has 0 bridgehead atoms. The fourth-order valence-electron chi connectivity index (χ4n) is 3.28. The molecule has 1 saturated heterocycles. The van der Waals surface area contributed by atoms with Crippen molar-refractivity contribution in [2.24, 2.45) is 7.05 Å². The molecule has 5 N–H and O–H groups in total. The number of aliphatic hydroxyl groups excluding tert-OH is 3. The summed E-state index contributed by atoms with van der Waals surface area (Å²) >= 11 is 0. The number of carboxylic acids is 1. The van der Waals surface area contributed by atoms with Gasteiger partial charge in [0.15, 0.2) is 6.10 Å². The van der Waals surface area contributed by atoms with Gasteiger partial charge in [-0.1, -0.05) is 12.1 Å². The first-order valence-corrected chi connectivity index (χ1v) is 9.76. The van der Waals surface area contributed by atoms with Crippen LogP contribution in [0.15, 0.2) is 36.5 Å². The number of hydrogen-bond donors (Lipinski definition) is 5. The smallest absolute Gasteiger partial charge is 0.335 e. The van der Waals surface area contributed by atoms with Crippen LogP contribution in [0, 0.1) is 0 Å². The van der Waals surface area contributed by atoms with E-state index in [1.165, 1.54) is 0 Å². The van der Waals surface area contributed by atoms with Gasteiger partial charge in [-0.2, -0.15) is 5.10 Å². The van der Waals surface area contributed by atoms with Crippen LogP contribution >= 0.6 is 0 Å². The van der Waals surface area contributed by atoms with E-state index in [1.807, 2.05) is 20.2 Å². The molecule has 1 aliphatic rings. The van der Waals surface area contributed by atoms with Crippen LogP contribution in [0.25, 0.3) is 0 Å². The molecule has 2 aromatic rings. The lowest BCUT2D eigenvalue weighted by Crippen LogP contribution is -2.61. The van der Waals surface area contributed by atoms with Gasteiger partial charge in [0.25, 0.3) is 0 Å². The van der Waals surface area contributed by atoms with Gasteiger partial charge in [0.2, 0.25) is 6.29 Å². The van der Waals surface area contributed by atoms with E-state index in [2.05, 4.69) is 10.4 Å². The zero-order chi connectivity index (χ0) is 22.5. The molecule has 0 radical (unpaired) electrons. The van der Waals surface area contributed by atoms with Crippen molar-refractivity contribution < 1.29 is 39.4 Å². The van der Waals surface area contributed by atoms with E-state index >= 15 is 0 Å². The van der Waals surface area contributed by atoms with Crippen molar-refractivity contribution in [3.05, 3.63) is 47.8 Å². The Morgan fingerprint density at radius 2 is 1.90 bits per heavy atom. The van der Waals surface area contributed by atoms with Gasteiger partial charge >= 0.3 is 5.97 Å². The van der Waals surface area contributed by atoms with Gasteiger partial charge in [0, 0.05) is 19.8 Å². The molecule has 0 spiro atoms. The first-order chi connectivity index (χ1) is 14.8. The monoisotopic (exact) mass is 437 g/mol. The number of hydrogen-bond acceptors (Lipinski definition) is 9. The van der Waals surface area contributed by atoms with E-state index in [-0.39, 0.29) is 11.9 Å². The minimum atomic E-state index is -1.77. The molecule has 1 aliphatic heterocycles. The summed E-state index contributed by atoms with van der Waals surface area (Å²) in [5.74, 6) is -1.19. The van der Waals surface area contributed by atoms with Crippen molar-refractivity contribution in [1.82, 2.24) is 15.1 Å². The Bertz CT molecular complexity index is 858. The van der Waals surface area contributed by atoms with Gasteiger partial charge in [-0.3, -0.25) is 4.68 Å². The standard InChI is InChI=1S/C20H27N3O8/c1-21-9-10-29-17(13-7-8-22-23(13)2)11-3-5-12(6-4-11)30-20-16(26)14(24)15(25)18(31-20)19(27)28/h3-8,14-18,20-21,24-26H,9-10H2,1-2H3,(H,27,28). The number of aryl methyl sites for hydroxylation is 1. The second-order valence-corrected chi connectivity index (χ2v) is 7.16. The molecule has 0 saturated carbocycles. The summed E-state index contributed by atoms with van der Waals surface area (Å²) in [4.78, 5) is 11.2. The van der Waals surface area contributed by atoms with Gasteiger partial charge in [-0.25, -0.2) is 4.79 Å². The molecule has 0 aliphatic carbocycles. The summed E-state index contributed by atoms with van der Waals surface area (Å²) in [7, 11) is 3.66. The predicted octanol–water partition coefficient (Wildman–Crippen LogP) is -0.983. The largest absolute Gasteiger partial charge is 0.479 e. The predicted molar refractivity (Wildman–Crippen MR) is 106 cm³/mol. The molecule has 11 nitrogen and oxygen atoms in total. The number of benzene rings is 1. The number of nitrogens with one attached hydrogen (secondary N) is 1. The van der Waals surface area contributed by atoms with Crippen molar-refractivity contribution >= 4 is 5.97 Å². The zero-order valence-electron chi connectivity index (χ0n) is 17.2. The Labute approximate surface area is 178 Å². The Balaban J connectivity index is 1.75. The van der Waals surface area contributed by atoms with E-state index < -0.39 is 36.7 Å². The van der Waals surface area contributed by atoms with E-state index in [0.717, 1.165) is 11.3 Å². The van der Waals surface area contributed by atoms with Crippen molar-refractivity contribution in [1.29, 1.82) is 0 Å². The van der Waals surface area contributed by atoms with Crippen molar-refractivity contribution in [2.45, 2.75) is 36.8 Å². The number of aliphatic carboxylic acids is 1. The molecule has 1 fully saturated rings. The Hall–Kier alpha value is -2.54. The molecule has 2 heterocycles. The minimum Gasteiger partial charge on any atom is -0.479 e. The van der Waals surface area contributed by atoms with E-state index in [0.29, 0.717) is 13.2 Å². The number of aromatic nitrogens is 2. The average Bonchev–Trinajstić information content (AvgIpc) is 3.17. The normalized spacial score (nSPS) is 27.1. The number of carbonyl (C=O) groups is 1. The summed E-state index contributed by atoms with van der Waals surface area (Å²) in [6, 6.07) is 8.62. The maximum absolute atomic E-state index is 11.2. The lowest BCUT2D eigenvalue weighted by molar-refractivity contribution is -0.271. The third-order valence-electron chi connectivity index (χ3n) is 5.01. The molecule has 11 heteroatoms. The van der Waals surface area contributed by atoms with E-state index in [1.54, 1.807) is 35.1 Å². The number of rotatable bonds is 9. The van der Waals surface area contributed by atoms with Crippen molar-refractivity contribution in [3.8, 4) is 5.75 Å². The molecular formula is C20H27N3O8. The quantitative estimate of drug-likeness (QED) is 0.309. The zero-order valence-corrected chi connectivity index (χ0v) is 17.2. The molecule has 6 unspecified atom stereocenters. The maximum atomic E-state index is 11.2. The molecule has 6 atom stereocenters. The van der Waals surface area contributed by atoms with Crippen LogP contribution in [0.2, 0.25) is 0 Å². The van der Waals surface area contributed by atoms with Crippen LogP contribution in [0.5, 0.6) is 5.75 Å². The lowest BCUT2D eigenvalue weighted by atomic mass is 9.99. The first-order valence-electron chi connectivity index (χ1n) is 9.76. The van der Waals surface area contributed by atoms with Crippen molar-refractivity contribution in [3.63, 3.8) is 0 Å². The minimum absolute atomic E-state index is 0.277. The Kier molecular flexibility index (Phi) is 7.59. The first kappa shape index (κ1) is 23.1. The van der Waals surface area contributed by atoms with Crippen LogP contribution in [0.3, 0.4) is 0 Å². The number of ether oxygens (including phenoxy) is 3. The molecule has 1 aromatic heterocycles. The van der Waals surface area contributed by atoms with Gasteiger partial charge in [0.05, 0.1) is 12.3 Å². The number of aliphatic hydroxyl groups is 3. The SMILES string of the molecule is CNCCOC(c1ccc(OC2OC(C(=O)O)C(O)C(O)C2O)cc1)c1ccnn1C. The number of likely N-dealkylation sites (N-methyl/N-ethyl adjacent to an activating group) is 1. The average molecular weight is 437 g/mol. The topological polar surface area (TPSA) is 156 Å². The highest BCUT2D eigenvalue weighted by atomic mass is 16.7. The summed E-state index contributed by atoms with van der Waals surface area (Å²) in [5, 5.41) is 46.1. The van der Waals surface area contributed by atoms with Crippen LogP contribution in [-0.4, -0.2) is 87.1 Å². The summed E-state index contributed by atoms with van der Waals surface area (Å²) < 4.78 is 18.4. The van der Waals surface area contributed by atoms with Crippen LogP contribution in [0.1, 0.15) is 17.4 Å². The van der Waals surface area contributed by atoms with Crippen molar-refractivity contribution in [2.75, 3.05) is 20.2 Å². The van der Waals surface area contributed by atoms with Crippen LogP contribution in [-0.2, 0) is 21.3 Å². The highest BCUT2D eigenvalue weighted by Crippen LogP contribution is 2.29. The van der Waals surface area contributed by atoms with E-state index in [4.69, 9.17) is 19.3 Å². The second kappa shape index (κ2) is 10.2. The number of nitrogens with zero attached hydrogens (tertiary/aromatic N) is 2. The Morgan fingerprint density at radius 1 is 1.19 bits per heavy atom. The van der Waals surface area contributed by atoms with Gasteiger partial charge in [-0.15, -0.1) is 0 Å². The second-order valence-electron chi connectivity index (χ2n) is 7.16. The van der Waals surface area contributed by atoms with Crippen LogP contribution in [0.4, 0.5) is 0 Å². The fourth-order valence-corrected chi connectivity index (χ4v) is 3.28. The molecule has 170 valence electrons. The van der Waals surface area contributed by atoms with Gasteiger partial charge in [-0.05, 0) is 30.8 Å². The fraction of sp³-hybridized carbons (Fsp3) is 0.500. The Morgan fingerprint density at radius 3 is 2.48 bits per heavy atom. The highest BCUT2D eigenvalue weighted by molar-refractivity contribution is 5.73. The summed E-state index contributed by atoms with van der Waals surface area (Å²) in [5.41, 5.74) is 1.69. The molecule has 31 heavy (non-hydrogen) atoms. The highest BCUT2D eigenvalue weighted by Gasteiger charge is 2.48. The number of carboxylic acid groups (broad SMARTS) is 1. The molecule has 1 aromatic carbocycles. The maximum Gasteiger partial charge on any atom is 0.335 e. The van der Waals surface area contributed by atoms with E-state index in [9.17, 15) is 20.1 Å². The van der Waals surface area contributed by atoms with Crippen LogP contribution < -0.4 is 10.1 Å². The summed E-state index contributed by atoms with van der Waals surface area (Å²) in [6.07, 6.45) is -7.01. The molecule has 3 rings (SSSR count). The molecule has 0 amide bonds. The third kappa shape index (κ3) is 5.21.